The molecule has 0 radical (unpaired) electrons. The lowest BCUT2D eigenvalue weighted by Crippen LogP contribution is -2.44. The van der Waals surface area contributed by atoms with Crippen molar-refractivity contribution in [2.24, 2.45) is 0 Å². The number of benzene rings is 1. The van der Waals surface area contributed by atoms with Crippen molar-refractivity contribution in [1.82, 2.24) is 4.90 Å². The number of thioether (sulfide) groups is 1. The second kappa shape index (κ2) is 6.36. The maximum atomic E-state index is 12.2. The van der Waals surface area contributed by atoms with Crippen LogP contribution in [0, 0.1) is 6.92 Å². The van der Waals surface area contributed by atoms with Gasteiger partial charge >= 0.3 is 12.0 Å². The first-order chi connectivity index (χ1) is 9.40. The van der Waals surface area contributed by atoms with E-state index in [9.17, 15) is 9.59 Å². The highest BCUT2D eigenvalue weighted by molar-refractivity contribution is 9.11. The Morgan fingerprint density at radius 1 is 1.40 bits per heavy atom. The van der Waals surface area contributed by atoms with Gasteiger partial charge in [-0.1, -0.05) is 0 Å². The molecule has 1 saturated heterocycles. The average molecular weight is 424 g/mol. The molecule has 0 aromatic heterocycles. The molecule has 2 N–H and O–H groups in total. The second-order valence-corrected chi connectivity index (χ2v) is 7.07. The molecule has 1 fully saturated rings. The van der Waals surface area contributed by atoms with Gasteiger partial charge in [-0.25, -0.2) is 9.59 Å². The molecule has 2 rings (SSSR count). The highest BCUT2D eigenvalue weighted by Gasteiger charge is 2.34. The van der Waals surface area contributed by atoms with Crippen LogP contribution in [-0.4, -0.2) is 39.7 Å². The lowest BCUT2D eigenvalue weighted by Gasteiger charge is -2.22. The van der Waals surface area contributed by atoms with Crippen LogP contribution in [0.2, 0.25) is 0 Å². The summed E-state index contributed by atoms with van der Waals surface area (Å²) >= 11 is 8.22. The Morgan fingerprint density at radius 2 is 2.00 bits per heavy atom. The van der Waals surface area contributed by atoms with E-state index >= 15 is 0 Å². The fraction of sp³-hybridized carbons (Fsp3) is 0.333. The van der Waals surface area contributed by atoms with Crippen molar-refractivity contribution in [1.29, 1.82) is 0 Å². The zero-order valence-corrected chi connectivity index (χ0v) is 14.5. The van der Waals surface area contributed by atoms with Gasteiger partial charge in [0.05, 0.1) is 11.6 Å². The van der Waals surface area contributed by atoms with E-state index in [-0.39, 0.29) is 0 Å². The number of anilines is 1. The number of carbonyl (C=O) groups is 2. The van der Waals surface area contributed by atoms with Crippen molar-refractivity contribution >= 4 is 61.3 Å². The van der Waals surface area contributed by atoms with Crippen LogP contribution in [0.15, 0.2) is 21.1 Å². The third-order valence-electron chi connectivity index (χ3n) is 2.85. The minimum atomic E-state index is -0.979. The van der Waals surface area contributed by atoms with Crippen LogP contribution in [0.25, 0.3) is 0 Å². The van der Waals surface area contributed by atoms with Crippen LogP contribution in [0.1, 0.15) is 5.56 Å². The summed E-state index contributed by atoms with van der Waals surface area (Å²) in [7, 11) is 0. The molecule has 108 valence electrons. The van der Waals surface area contributed by atoms with Gasteiger partial charge in [0.1, 0.15) is 6.04 Å². The molecule has 2 amide bonds. The number of nitrogens with one attached hydrogen (secondary N) is 1. The van der Waals surface area contributed by atoms with Gasteiger partial charge in [-0.3, -0.25) is 0 Å². The van der Waals surface area contributed by atoms with E-state index in [2.05, 4.69) is 37.2 Å². The van der Waals surface area contributed by atoms with Crippen LogP contribution < -0.4 is 5.32 Å². The van der Waals surface area contributed by atoms with Gasteiger partial charge in [0.15, 0.2) is 0 Å². The first-order valence-corrected chi connectivity index (χ1v) is 8.48. The summed E-state index contributed by atoms with van der Waals surface area (Å²) in [6, 6.07) is 2.58. The molecular weight excluding hydrogens is 412 g/mol. The summed E-state index contributed by atoms with van der Waals surface area (Å²) in [5.41, 5.74) is 1.64. The number of halogens is 2. The molecule has 8 heteroatoms. The van der Waals surface area contributed by atoms with Gasteiger partial charge in [-0.15, -0.1) is 11.8 Å². The number of nitrogens with zero attached hydrogens (tertiary/aromatic N) is 1. The van der Waals surface area contributed by atoms with Crippen LogP contribution >= 0.6 is 43.6 Å². The molecule has 0 spiro atoms. The first kappa shape index (κ1) is 15.7. The molecule has 1 aromatic rings. The number of hydrogen-bond acceptors (Lipinski definition) is 3. The Labute approximate surface area is 137 Å². The quantitative estimate of drug-likeness (QED) is 0.763. The molecule has 0 unspecified atom stereocenters. The SMILES string of the molecule is Cc1cc(Br)c(NC(=O)N2CSC[C@H]2C(=O)O)c(Br)c1. The summed E-state index contributed by atoms with van der Waals surface area (Å²) in [5.74, 6) is -0.185. The zero-order valence-electron chi connectivity index (χ0n) is 10.5. The van der Waals surface area contributed by atoms with Crippen LogP contribution in [0.4, 0.5) is 10.5 Å². The Morgan fingerprint density at radius 3 is 2.55 bits per heavy atom. The highest BCUT2D eigenvalue weighted by atomic mass is 79.9. The predicted molar refractivity (Wildman–Crippen MR) is 86.2 cm³/mol. The summed E-state index contributed by atoms with van der Waals surface area (Å²) in [4.78, 5) is 24.6. The first-order valence-electron chi connectivity index (χ1n) is 5.74. The van der Waals surface area contributed by atoms with Gasteiger partial charge in [-0.2, -0.15) is 0 Å². The molecule has 1 aliphatic heterocycles. The number of carboxylic acids is 1. The normalized spacial score (nSPS) is 18.1. The Balaban J connectivity index is 2.18. The van der Waals surface area contributed by atoms with Crippen molar-refractivity contribution in [3.63, 3.8) is 0 Å². The van der Waals surface area contributed by atoms with Crippen LogP contribution in [0.3, 0.4) is 0 Å². The van der Waals surface area contributed by atoms with E-state index in [0.29, 0.717) is 17.3 Å². The molecule has 0 aliphatic carbocycles. The van der Waals surface area contributed by atoms with Crippen molar-refractivity contribution in [2.75, 3.05) is 16.9 Å². The van der Waals surface area contributed by atoms with E-state index in [0.717, 1.165) is 14.5 Å². The molecule has 0 saturated carbocycles. The number of aryl methyl sites for hydroxylation is 1. The second-order valence-electron chi connectivity index (χ2n) is 4.36. The van der Waals surface area contributed by atoms with E-state index < -0.39 is 18.0 Å². The maximum Gasteiger partial charge on any atom is 0.327 e. The number of urea groups is 1. The number of rotatable bonds is 2. The fourth-order valence-corrected chi connectivity index (χ4v) is 4.60. The monoisotopic (exact) mass is 422 g/mol. The number of aliphatic carboxylic acids is 1. The predicted octanol–water partition coefficient (Wildman–Crippen LogP) is 3.51. The molecule has 1 aliphatic rings. The van der Waals surface area contributed by atoms with Crippen LogP contribution in [-0.2, 0) is 4.79 Å². The molecule has 0 bridgehead atoms. The maximum absolute atomic E-state index is 12.2. The summed E-state index contributed by atoms with van der Waals surface area (Å²) in [6.45, 7) is 1.94. The van der Waals surface area contributed by atoms with Gasteiger partial charge in [0.25, 0.3) is 0 Å². The van der Waals surface area contributed by atoms with E-state index in [1.807, 2.05) is 19.1 Å². The Hall–Kier alpha value is -0.730. The van der Waals surface area contributed by atoms with Gasteiger partial charge < -0.3 is 15.3 Å². The topological polar surface area (TPSA) is 69.6 Å². The highest BCUT2D eigenvalue weighted by Crippen LogP contribution is 2.33. The molecule has 1 heterocycles. The van der Waals surface area contributed by atoms with Crippen molar-refractivity contribution in [3.8, 4) is 0 Å². The van der Waals surface area contributed by atoms with Crippen molar-refractivity contribution in [3.05, 3.63) is 26.6 Å². The largest absolute Gasteiger partial charge is 0.480 e. The fourth-order valence-electron chi connectivity index (χ4n) is 1.85. The van der Waals surface area contributed by atoms with E-state index in [1.165, 1.54) is 16.7 Å². The molecule has 5 nitrogen and oxygen atoms in total. The average Bonchev–Trinajstić information content (AvgIpc) is 2.82. The number of amides is 2. The lowest BCUT2D eigenvalue weighted by atomic mass is 10.2. The zero-order chi connectivity index (χ0) is 14.9. The minimum Gasteiger partial charge on any atom is -0.480 e. The molecule has 1 atom stereocenters. The van der Waals surface area contributed by atoms with Crippen molar-refractivity contribution in [2.45, 2.75) is 13.0 Å². The van der Waals surface area contributed by atoms with Crippen LogP contribution in [0.5, 0.6) is 0 Å². The molecule has 20 heavy (non-hydrogen) atoms. The van der Waals surface area contributed by atoms with E-state index in [1.54, 1.807) is 0 Å². The Kier molecular flexibility index (Phi) is 4.98. The Bertz CT molecular complexity index is 545. The van der Waals surface area contributed by atoms with Gasteiger partial charge in [-0.05, 0) is 56.5 Å². The minimum absolute atomic E-state index is 0.379. The van der Waals surface area contributed by atoms with Gasteiger partial charge in [0, 0.05) is 14.7 Å². The van der Waals surface area contributed by atoms with Crippen molar-refractivity contribution < 1.29 is 14.7 Å². The smallest absolute Gasteiger partial charge is 0.327 e. The third kappa shape index (κ3) is 3.29. The number of carboxylic acid groups (broad SMARTS) is 1. The summed E-state index contributed by atoms with van der Waals surface area (Å²) < 4.78 is 1.49. The summed E-state index contributed by atoms with van der Waals surface area (Å²) in [6.07, 6.45) is 0. The summed E-state index contributed by atoms with van der Waals surface area (Å²) in [5, 5.41) is 11.8. The third-order valence-corrected chi connectivity index (χ3v) is 5.11. The lowest BCUT2D eigenvalue weighted by molar-refractivity contribution is -0.140. The standard InChI is InChI=1S/C12H12Br2N2O3S/c1-6-2-7(13)10(8(14)3-6)15-12(19)16-5-20-4-9(16)11(17)18/h2-3,9H,4-5H2,1H3,(H,15,19)(H,17,18)/t9-/m0/s1. The molecular formula is C12H12Br2N2O3S. The number of carbonyl (C=O) groups excluding carboxylic acids is 1. The number of hydrogen-bond donors (Lipinski definition) is 2. The van der Waals surface area contributed by atoms with E-state index in [4.69, 9.17) is 5.11 Å². The molecule has 1 aromatic carbocycles. The van der Waals surface area contributed by atoms with Gasteiger partial charge in [0.2, 0.25) is 0 Å².